The topological polar surface area (TPSA) is 106 Å². The van der Waals surface area contributed by atoms with Crippen LogP contribution in [0.15, 0.2) is 51.7 Å². The molecular weight excluding hydrogens is 443 g/mol. The van der Waals surface area contributed by atoms with Crippen LogP contribution >= 0.6 is 0 Å². The zero-order valence-electron chi connectivity index (χ0n) is 17.9. The van der Waals surface area contributed by atoms with E-state index in [-0.39, 0.29) is 11.0 Å². The van der Waals surface area contributed by atoms with Crippen molar-refractivity contribution in [2.24, 2.45) is 0 Å². The number of hydrogen-bond acceptors (Lipinski definition) is 6. The van der Waals surface area contributed by atoms with Crippen molar-refractivity contribution < 1.29 is 37.0 Å². The molecule has 0 aliphatic rings. The molecule has 0 aliphatic heterocycles. The molecule has 0 atom stereocenters. The van der Waals surface area contributed by atoms with Crippen LogP contribution in [0.25, 0.3) is 22.1 Å². The Hall–Kier alpha value is -3.82. The van der Waals surface area contributed by atoms with Gasteiger partial charge in [0.15, 0.2) is 5.56 Å². The number of carbonyl (C=O) groups is 2. The summed E-state index contributed by atoms with van der Waals surface area (Å²) in [5.41, 5.74) is -2.62. The van der Waals surface area contributed by atoms with Gasteiger partial charge >= 0.3 is 17.8 Å². The summed E-state index contributed by atoms with van der Waals surface area (Å²) in [5.74, 6) is -2.41. The van der Waals surface area contributed by atoms with Gasteiger partial charge in [-0.2, -0.15) is 13.2 Å². The SMILES string of the molecule is CC(C)(C)OC(=O)CNC(=O)c1c(O)c2ccc(-c3ccc(C(F)(F)F)cc3)cc2oc1=O. The number of aromatic hydroxyl groups is 1. The lowest BCUT2D eigenvalue weighted by atomic mass is 10.0. The molecule has 0 aliphatic carbocycles. The van der Waals surface area contributed by atoms with E-state index < -0.39 is 52.7 Å². The van der Waals surface area contributed by atoms with Crippen molar-refractivity contribution in [1.82, 2.24) is 5.32 Å². The smallest absolute Gasteiger partial charge is 0.416 e. The van der Waals surface area contributed by atoms with Gasteiger partial charge in [0.05, 0.1) is 10.9 Å². The van der Waals surface area contributed by atoms with E-state index in [9.17, 15) is 32.7 Å². The van der Waals surface area contributed by atoms with Gasteiger partial charge in [-0.05, 0) is 56.2 Å². The number of rotatable bonds is 4. The Bertz CT molecular complexity index is 1270. The monoisotopic (exact) mass is 463 g/mol. The van der Waals surface area contributed by atoms with E-state index in [1.807, 2.05) is 0 Å². The van der Waals surface area contributed by atoms with E-state index >= 15 is 0 Å². The Balaban J connectivity index is 1.88. The van der Waals surface area contributed by atoms with Gasteiger partial charge in [-0.3, -0.25) is 9.59 Å². The average Bonchev–Trinajstić information content (AvgIpc) is 2.70. The molecule has 174 valence electrons. The lowest BCUT2D eigenvalue weighted by Crippen LogP contribution is -2.36. The maximum absolute atomic E-state index is 12.8. The van der Waals surface area contributed by atoms with Gasteiger partial charge < -0.3 is 19.6 Å². The van der Waals surface area contributed by atoms with Crippen molar-refractivity contribution in [3.63, 3.8) is 0 Å². The quantitative estimate of drug-likeness (QED) is 0.443. The predicted octanol–water partition coefficient (Wildman–Crippen LogP) is 4.26. The van der Waals surface area contributed by atoms with E-state index in [0.717, 1.165) is 12.1 Å². The Kier molecular flexibility index (Phi) is 6.22. The number of carbonyl (C=O) groups excluding carboxylic acids is 2. The van der Waals surface area contributed by atoms with Crippen molar-refractivity contribution in [3.05, 3.63) is 64.0 Å². The van der Waals surface area contributed by atoms with Crippen molar-refractivity contribution in [2.75, 3.05) is 6.54 Å². The molecule has 3 aromatic rings. The van der Waals surface area contributed by atoms with E-state index in [4.69, 9.17) is 9.15 Å². The van der Waals surface area contributed by atoms with Gasteiger partial charge in [0.1, 0.15) is 23.5 Å². The summed E-state index contributed by atoms with van der Waals surface area (Å²) in [5, 5.41) is 12.7. The molecule has 0 radical (unpaired) electrons. The van der Waals surface area contributed by atoms with Gasteiger partial charge in [0.2, 0.25) is 0 Å². The maximum Gasteiger partial charge on any atom is 0.416 e. The number of ether oxygens (including phenoxy) is 1. The molecule has 1 amide bonds. The highest BCUT2D eigenvalue weighted by Crippen LogP contribution is 2.33. The number of fused-ring (bicyclic) bond motifs is 1. The zero-order chi connectivity index (χ0) is 24.6. The molecule has 3 rings (SSSR count). The van der Waals surface area contributed by atoms with Crippen LogP contribution in [-0.4, -0.2) is 29.1 Å². The third-order valence-electron chi connectivity index (χ3n) is 4.47. The first-order valence-corrected chi connectivity index (χ1v) is 9.74. The highest BCUT2D eigenvalue weighted by molar-refractivity contribution is 6.02. The van der Waals surface area contributed by atoms with E-state index in [2.05, 4.69) is 5.32 Å². The summed E-state index contributed by atoms with van der Waals surface area (Å²) in [6.07, 6.45) is -4.47. The van der Waals surface area contributed by atoms with Crippen LogP contribution in [0, 0.1) is 0 Å². The second kappa shape index (κ2) is 8.61. The minimum atomic E-state index is -4.47. The van der Waals surface area contributed by atoms with Crippen molar-refractivity contribution in [1.29, 1.82) is 0 Å². The summed E-state index contributed by atoms with van der Waals surface area (Å²) in [6, 6.07) is 8.59. The Morgan fingerprint density at radius 1 is 1.03 bits per heavy atom. The third kappa shape index (κ3) is 5.51. The zero-order valence-corrected chi connectivity index (χ0v) is 17.9. The molecule has 0 bridgehead atoms. The first kappa shape index (κ1) is 23.8. The Labute approximate surface area is 185 Å². The Morgan fingerprint density at radius 3 is 2.21 bits per heavy atom. The van der Waals surface area contributed by atoms with Crippen LogP contribution in [0.5, 0.6) is 5.75 Å². The van der Waals surface area contributed by atoms with Gasteiger partial charge in [0, 0.05) is 0 Å². The molecule has 0 saturated carbocycles. The highest BCUT2D eigenvalue weighted by atomic mass is 19.4. The fourth-order valence-corrected chi connectivity index (χ4v) is 3.03. The molecule has 0 fully saturated rings. The molecule has 0 unspecified atom stereocenters. The van der Waals surface area contributed by atoms with Gasteiger partial charge in [-0.15, -0.1) is 0 Å². The number of nitrogens with one attached hydrogen (secondary N) is 1. The normalized spacial score (nSPS) is 11.9. The molecule has 2 aromatic carbocycles. The largest absolute Gasteiger partial charge is 0.506 e. The number of hydrogen-bond donors (Lipinski definition) is 2. The lowest BCUT2D eigenvalue weighted by Gasteiger charge is -2.19. The summed E-state index contributed by atoms with van der Waals surface area (Å²) in [6.45, 7) is 4.42. The standard InChI is InChI=1S/C23H20F3NO6/c1-22(2,3)33-17(28)11-27-20(30)18-19(29)15-9-6-13(10-16(15)32-21(18)31)12-4-7-14(8-5-12)23(24,25)26/h4-10,29H,11H2,1-3H3,(H,27,30). The first-order valence-electron chi connectivity index (χ1n) is 9.74. The van der Waals surface area contributed by atoms with Gasteiger partial charge in [-0.25, -0.2) is 4.79 Å². The molecule has 7 nitrogen and oxygen atoms in total. The fourth-order valence-electron chi connectivity index (χ4n) is 3.03. The summed E-state index contributed by atoms with van der Waals surface area (Å²) in [7, 11) is 0. The van der Waals surface area contributed by atoms with Crippen LogP contribution in [0.1, 0.15) is 36.7 Å². The fraction of sp³-hybridized carbons (Fsp3) is 0.261. The summed E-state index contributed by atoms with van der Waals surface area (Å²) >= 11 is 0. The molecule has 1 heterocycles. The molecule has 33 heavy (non-hydrogen) atoms. The van der Waals surface area contributed by atoms with Gasteiger partial charge in [0.25, 0.3) is 5.91 Å². The minimum absolute atomic E-state index is 0.0349. The van der Waals surface area contributed by atoms with Crippen molar-refractivity contribution in [2.45, 2.75) is 32.5 Å². The number of esters is 1. The van der Waals surface area contributed by atoms with E-state index in [0.29, 0.717) is 11.1 Å². The van der Waals surface area contributed by atoms with Gasteiger partial charge in [-0.1, -0.05) is 18.2 Å². The number of benzene rings is 2. The number of amides is 1. The highest BCUT2D eigenvalue weighted by Gasteiger charge is 2.30. The van der Waals surface area contributed by atoms with Crippen molar-refractivity contribution >= 4 is 22.8 Å². The van der Waals surface area contributed by atoms with Crippen LogP contribution in [0.2, 0.25) is 0 Å². The molecule has 2 N–H and O–H groups in total. The first-order chi connectivity index (χ1) is 15.3. The minimum Gasteiger partial charge on any atom is -0.506 e. The van der Waals surface area contributed by atoms with Crippen LogP contribution < -0.4 is 10.9 Å². The van der Waals surface area contributed by atoms with E-state index in [1.165, 1.54) is 30.3 Å². The van der Waals surface area contributed by atoms with Crippen LogP contribution in [-0.2, 0) is 15.7 Å². The second-order valence-corrected chi connectivity index (χ2v) is 8.17. The summed E-state index contributed by atoms with van der Waals surface area (Å²) < 4.78 is 48.5. The predicted molar refractivity (Wildman–Crippen MR) is 113 cm³/mol. The molecule has 0 saturated heterocycles. The number of halogens is 3. The average molecular weight is 463 g/mol. The number of alkyl halides is 3. The van der Waals surface area contributed by atoms with E-state index in [1.54, 1.807) is 20.8 Å². The third-order valence-corrected chi connectivity index (χ3v) is 4.47. The Morgan fingerprint density at radius 2 is 1.64 bits per heavy atom. The molecule has 0 spiro atoms. The second-order valence-electron chi connectivity index (χ2n) is 8.17. The molecule has 1 aromatic heterocycles. The lowest BCUT2D eigenvalue weighted by molar-refractivity contribution is -0.153. The maximum atomic E-state index is 12.8. The van der Waals surface area contributed by atoms with Crippen LogP contribution in [0.3, 0.4) is 0 Å². The van der Waals surface area contributed by atoms with Crippen LogP contribution in [0.4, 0.5) is 13.2 Å². The summed E-state index contributed by atoms with van der Waals surface area (Å²) in [4.78, 5) is 36.5. The molecule has 10 heteroatoms. The molecular formula is C23H20F3NO6. The van der Waals surface area contributed by atoms with Crippen molar-refractivity contribution in [3.8, 4) is 16.9 Å².